The number of anilines is 1. The van der Waals surface area contributed by atoms with Crippen molar-refractivity contribution in [2.75, 3.05) is 24.5 Å². The first kappa shape index (κ1) is 21.3. The van der Waals surface area contributed by atoms with Gasteiger partial charge in [0.1, 0.15) is 12.4 Å². The van der Waals surface area contributed by atoms with E-state index < -0.39 is 36.6 Å². The molecule has 2 aromatic rings. The Morgan fingerprint density at radius 1 is 1.07 bits per heavy atom. The molecule has 3 rings (SSSR count). The van der Waals surface area contributed by atoms with Crippen LogP contribution in [0, 0.1) is 11.3 Å². The van der Waals surface area contributed by atoms with Crippen molar-refractivity contribution in [2.45, 2.75) is 12.4 Å². The van der Waals surface area contributed by atoms with Crippen molar-refractivity contribution in [3.8, 4) is 6.07 Å². The second-order valence-electron chi connectivity index (χ2n) is 6.32. The van der Waals surface area contributed by atoms with Crippen molar-refractivity contribution in [2.24, 2.45) is 9.98 Å². The van der Waals surface area contributed by atoms with Gasteiger partial charge in [-0.2, -0.15) is 31.6 Å². The zero-order valence-electron chi connectivity index (χ0n) is 15.2. The Kier molecular flexibility index (Phi) is 5.78. The fourth-order valence-electron chi connectivity index (χ4n) is 2.84. The second-order valence-corrected chi connectivity index (χ2v) is 6.32. The molecule has 5 nitrogen and oxygen atoms in total. The van der Waals surface area contributed by atoms with E-state index in [9.17, 15) is 26.3 Å². The first-order valence-electron chi connectivity index (χ1n) is 8.52. The Balaban J connectivity index is 1.92. The Bertz CT molecular complexity index is 1020. The minimum Gasteiger partial charge on any atom is -0.355 e. The van der Waals surface area contributed by atoms with Crippen molar-refractivity contribution in [1.82, 2.24) is 4.98 Å². The van der Waals surface area contributed by atoms with E-state index in [0.717, 1.165) is 12.1 Å². The molecule has 0 atom stereocenters. The second kappa shape index (κ2) is 8.14. The minimum atomic E-state index is -4.89. The summed E-state index contributed by atoms with van der Waals surface area (Å²) in [6.45, 7) is -1.87. The fourth-order valence-corrected chi connectivity index (χ4v) is 2.84. The van der Waals surface area contributed by atoms with Gasteiger partial charge in [0.2, 0.25) is 0 Å². The third kappa shape index (κ3) is 5.14. The standard InChI is InChI=1S/C19H13F6N5/c20-18(21,22)11-30(13-5-4-12(8-26)14(7-13)19(23,24)25)10-17-28-9-16(29-17)15-3-1-2-6-27-15/h1-7H,9-11H2. The quantitative estimate of drug-likeness (QED) is 0.673. The summed E-state index contributed by atoms with van der Waals surface area (Å²) in [5, 5.41) is 8.88. The third-order valence-electron chi connectivity index (χ3n) is 4.13. The molecule has 0 saturated heterocycles. The van der Waals surface area contributed by atoms with Crippen molar-refractivity contribution < 1.29 is 26.3 Å². The average molecular weight is 425 g/mol. The van der Waals surface area contributed by atoms with Crippen molar-refractivity contribution in [1.29, 1.82) is 5.26 Å². The molecule has 1 aliphatic rings. The number of hydrogen-bond acceptors (Lipinski definition) is 5. The van der Waals surface area contributed by atoms with Crippen LogP contribution in [0.3, 0.4) is 0 Å². The lowest BCUT2D eigenvalue weighted by molar-refractivity contribution is -0.137. The lowest BCUT2D eigenvalue weighted by Crippen LogP contribution is -2.37. The molecule has 0 bridgehead atoms. The van der Waals surface area contributed by atoms with E-state index in [4.69, 9.17) is 5.26 Å². The van der Waals surface area contributed by atoms with E-state index in [1.54, 1.807) is 18.2 Å². The summed E-state index contributed by atoms with van der Waals surface area (Å²) in [4.78, 5) is 13.1. The summed E-state index contributed by atoms with van der Waals surface area (Å²) < 4.78 is 78.9. The molecular weight excluding hydrogens is 412 g/mol. The van der Waals surface area contributed by atoms with Gasteiger partial charge in [0.05, 0.1) is 41.7 Å². The molecule has 156 valence electrons. The van der Waals surface area contributed by atoms with E-state index in [2.05, 4.69) is 15.0 Å². The predicted octanol–water partition coefficient (Wildman–Crippen LogP) is 4.24. The SMILES string of the molecule is N#Cc1ccc(N(CC2=NCC(c3ccccn3)=N2)CC(F)(F)F)cc1C(F)(F)F. The largest absolute Gasteiger partial charge is 0.417 e. The topological polar surface area (TPSA) is 64.6 Å². The molecule has 11 heteroatoms. The first-order chi connectivity index (χ1) is 14.1. The van der Waals surface area contributed by atoms with Gasteiger partial charge in [0.25, 0.3) is 0 Å². The molecule has 2 heterocycles. The lowest BCUT2D eigenvalue weighted by Gasteiger charge is -2.26. The number of halogens is 6. The van der Waals surface area contributed by atoms with E-state index >= 15 is 0 Å². The Morgan fingerprint density at radius 3 is 2.43 bits per heavy atom. The number of nitrogens with zero attached hydrogens (tertiary/aromatic N) is 5. The van der Waals surface area contributed by atoms with Crippen LogP contribution in [-0.2, 0) is 6.18 Å². The Labute approximate surface area is 167 Å². The molecule has 0 amide bonds. The van der Waals surface area contributed by atoms with Gasteiger partial charge in [-0.1, -0.05) is 6.07 Å². The lowest BCUT2D eigenvalue weighted by atomic mass is 10.1. The number of nitriles is 1. The monoisotopic (exact) mass is 425 g/mol. The number of pyridine rings is 1. The van der Waals surface area contributed by atoms with Gasteiger partial charge in [-0.15, -0.1) is 0 Å². The molecule has 30 heavy (non-hydrogen) atoms. The zero-order valence-corrected chi connectivity index (χ0v) is 15.2. The molecule has 0 aliphatic carbocycles. The predicted molar refractivity (Wildman–Crippen MR) is 97.5 cm³/mol. The maximum absolute atomic E-state index is 13.2. The number of rotatable bonds is 5. The van der Waals surface area contributed by atoms with Crippen LogP contribution in [0.2, 0.25) is 0 Å². The summed E-state index contributed by atoms with van der Waals surface area (Å²) in [7, 11) is 0. The van der Waals surface area contributed by atoms with Gasteiger partial charge in [-0.25, -0.2) is 4.99 Å². The molecule has 0 fully saturated rings. The molecule has 0 radical (unpaired) electrons. The average Bonchev–Trinajstić information content (AvgIpc) is 3.14. The summed E-state index contributed by atoms with van der Waals surface area (Å²) in [6, 6.07) is 8.89. The van der Waals surface area contributed by atoms with E-state index in [1.165, 1.54) is 12.3 Å². The molecule has 0 spiro atoms. The van der Waals surface area contributed by atoms with E-state index in [0.29, 0.717) is 22.4 Å². The van der Waals surface area contributed by atoms with Crippen LogP contribution in [0.25, 0.3) is 0 Å². The van der Waals surface area contributed by atoms with Crippen LogP contribution in [0.5, 0.6) is 0 Å². The molecule has 0 N–H and O–H groups in total. The summed E-state index contributed by atoms with van der Waals surface area (Å²) >= 11 is 0. The molecular formula is C19H13F6N5. The van der Waals surface area contributed by atoms with Crippen molar-refractivity contribution in [3.05, 3.63) is 59.4 Å². The van der Waals surface area contributed by atoms with Crippen LogP contribution in [0.4, 0.5) is 32.0 Å². The molecule has 1 aromatic heterocycles. The van der Waals surface area contributed by atoms with Gasteiger partial charge in [0.15, 0.2) is 0 Å². The maximum Gasteiger partial charge on any atom is 0.417 e. The molecule has 1 aliphatic heterocycles. The van der Waals surface area contributed by atoms with Crippen LogP contribution in [0.15, 0.2) is 52.6 Å². The third-order valence-corrected chi connectivity index (χ3v) is 4.13. The van der Waals surface area contributed by atoms with Crippen LogP contribution in [0.1, 0.15) is 16.8 Å². The van der Waals surface area contributed by atoms with Gasteiger partial charge >= 0.3 is 12.4 Å². The van der Waals surface area contributed by atoms with Crippen LogP contribution in [-0.4, -0.2) is 42.3 Å². The van der Waals surface area contributed by atoms with Gasteiger partial charge in [0, 0.05) is 11.9 Å². The Hall–Kier alpha value is -3.42. The Morgan fingerprint density at radius 2 is 1.83 bits per heavy atom. The maximum atomic E-state index is 13.2. The summed E-state index contributed by atoms with van der Waals surface area (Å²) in [5.41, 5.74) is -1.36. The highest BCUT2D eigenvalue weighted by atomic mass is 19.4. The smallest absolute Gasteiger partial charge is 0.355 e. The number of alkyl halides is 6. The molecule has 0 saturated carbocycles. The summed E-state index contributed by atoms with van der Waals surface area (Å²) in [5.74, 6) is 0.0396. The van der Waals surface area contributed by atoms with E-state index in [-0.39, 0.29) is 18.1 Å². The number of amidine groups is 1. The molecule has 0 unspecified atom stereocenters. The summed E-state index contributed by atoms with van der Waals surface area (Å²) in [6.07, 6.45) is -8.04. The fraction of sp³-hybridized carbons (Fsp3) is 0.263. The normalized spacial score (nSPS) is 14.2. The number of benzene rings is 1. The van der Waals surface area contributed by atoms with Crippen LogP contribution >= 0.6 is 0 Å². The highest BCUT2D eigenvalue weighted by molar-refractivity contribution is 6.12. The number of hydrogen-bond donors (Lipinski definition) is 0. The van der Waals surface area contributed by atoms with Gasteiger partial charge in [-0.3, -0.25) is 9.98 Å². The highest BCUT2D eigenvalue weighted by Gasteiger charge is 2.36. The van der Waals surface area contributed by atoms with E-state index in [1.807, 2.05) is 0 Å². The van der Waals surface area contributed by atoms with Crippen molar-refractivity contribution >= 4 is 17.2 Å². The van der Waals surface area contributed by atoms with Gasteiger partial charge < -0.3 is 4.90 Å². The zero-order chi connectivity index (χ0) is 21.9. The molecule has 1 aromatic carbocycles. The number of aromatic nitrogens is 1. The number of aliphatic imine (C=N–C) groups is 2. The van der Waals surface area contributed by atoms with Crippen molar-refractivity contribution in [3.63, 3.8) is 0 Å². The van der Waals surface area contributed by atoms with Gasteiger partial charge in [-0.05, 0) is 30.3 Å². The van der Waals surface area contributed by atoms with Crippen LogP contribution < -0.4 is 4.90 Å². The minimum absolute atomic E-state index is 0.0396. The highest BCUT2D eigenvalue weighted by Crippen LogP contribution is 2.35. The first-order valence-corrected chi connectivity index (χ1v) is 8.52.